The number of benzene rings is 2. The first-order valence-electron chi connectivity index (χ1n) is 6.59. The first-order chi connectivity index (χ1) is 10.9. The number of hydrogen-bond donors (Lipinski definition) is 1. The molecule has 0 fully saturated rings. The van der Waals surface area contributed by atoms with Crippen LogP contribution in [0.15, 0.2) is 53.3 Å². The Morgan fingerprint density at radius 1 is 0.609 bits per heavy atom. The van der Waals surface area contributed by atoms with E-state index in [1.54, 1.807) is 36.4 Å². The number of aromatic amines is 1. The lowest BCUT2D eigenvalue weighted by atomic mass is 10.1. The molecule has 0 aliphatic carbocycles. The summed E-state index contributed by atoms with van der Waals surface area (Å²) < 4.78 is 0. The first kappa shape index (κ1) is 16.4. The second-order valence-electron chi connectivity index (χ2n) is 4.90. The smallest absolute Gasteiger partial charge is 0.182 e. The fraction of sp³-hybridized carbons (Fsp3) is 0. The fourth-order valence-electron chi connectivity index (χ4n) is 2.18. The van der Waals surface area contributed by atoms with Crippen LogP contribution in [0.2, 0.25) is 20.1 Å². The third kappa shape index (κ3) is 3.56. The Bertz CT molecular complexity index is 877. The molecule has 0 unspecified atom stereocenters. The molecular formula is C17H9Cl4NO. The van der Waals surface area contributed by atoms with Gasteiger partial charge < -0.3 is 4.98 Å². The zero-order chi connectivity index (χ0) is 16.6. The molecule has 2 aromatic carbocycles. The standard InChI is InChI=1S/C17H9Cl4NO/c18-12-3-1-9(5-14(12)20)16-7-11(23)8-17(22-16)10-2-4-13(19)15(21)6-10/h1-8H,(H,22,23). The molecule has 0 spiro atoms. The number of aromatic nitrogens is 1. The number of H-pyrrole nitrogens is 1. The lowest BCUT2D eigenvalue weighted by molar-refractivity contribution is 1.30. The van der Waals surface area contributed by atoms with Crippen molar-refractivity contribution in [2.45, 2.75) is 0 Å². The molecule has 1 aromatic heterocycles. The van der Waals surface area contributed by atoms with E-state index in [4.69, 9.17) is 46.4 Å². The molecule has 0 atom stereocenters. The number of halogens is 4. The monoisotopic (exact) mass is 383 g/mol. The quantitative estimate of drug-likeness (QED) is 0.550. The van der Waals surface area contributed by atoms with Gasteiger partial charge >= 0.3 is 0 Å². The summed E-state index contributed by atoms with van der Waals surface area (Å²) in [5.41, 5.74) is 2.66. The van der Waals surface area contributed by atoms with Gasteiger partial charge in [-0.25, -0.2) is 0 Å². The summed E-state index contributed by atoms with van der Waals surface area (Å²) in [6.45, 7) is 0. The summed E-state index contributed by atoms with van der Waals surface area (Å²) in [6.07, 6.45) is 0. The third-order valence-corrected chi connectivity index (χ3v) is 4.78. The van der Waals surface area contributed by atoms with Gasteiger partial charge in [-0.05, 0) is 35.4 Å². The van der Waals surface area contributed by atoms with E-state index in [1.165, 1.54) is 12.1 Å². The molecule has 1 heterocycles. The normalized spacial score (nSPS) is 10.8. The zero-order valence-electron chi connectivity index (χ0n) is 11.5. The molecule has 6 heteroatoms. The Hall–Kier alpha value is -1.45. The van der Waals surface area contributed by atoms with E-state index in [-0.39, 0.29) is 5.43 Å². The largest absolute Gasteiger partial charge is 0.354 e. The Labute approximate surface area is 152 Å². The molecule has 0 aliphatic rings. The van der Waals surface area contributed by atoms with Crippen LogP contribution in [-0.4, -0.2) is 4.98 Å². The molecule has 1 N–H and O–H groups in total. The summed E-state index contributed by atoms with van der Waals surface area (Å²) in [5.74, 6) is 0. The van der Waals surface area contributed by atoms with E-state index in [0.717, 1.165) is 11.1 Å². The van der Waals surface area contributed by atoms with Crippen molar-refractivity contribution >= 4 is 46.4 Å². The van der Waals surface area contributed by atoms with Crippen LogP contribution in [0.5, 0.6) is 0 Å². The van der Waals surface area contributed by atoms with Gasteiger partial charge in [-0.1, -0.05) is 58.5 Å². The summed E-state index contributed by atoms with van der Waals surface area (Å²) in [5, 5.41) is 1.76. The van der Waals surface area contributed by atoms with Gasteiger partial charge in [0.05, 0.1) is 20.1 Å². The molecule has 0 aliphatic heterocycles. The molecule has 0 amide bonds. The van der Waals surface area contributed by atoms with Gasteiger partial charge in [-0.15, -0.1) is 0 Å². The van der Waals surface area contributed by atoms with Gasteiger partial charge in [0.2, 0.25) is 0 Å². The highest BCUT2D eigenvalue weighted by molar-refractivity contribution is 6.42. The average Bonchev–Trinajstić information content (AvgIpc) is 2.52. The molecule has 0 radical (unpaired) electrons. The van der Waals surface area contributed by atoms with Crippen LogP contribution in [0.1, 0.15) is 0 Å². The number of pyridine rings is 1. The lowest BCUT2D eigenvalue weighted by Gasteiger charge is -2.08. The highest BCUT2D eigenvalue weighted by Crippen LogP contribution is 2.30. The maximum absolute atomic E-state index is 12.0. The van der Waals surface area contributed by atoms with Crippen molar-refractivity contribution in [2.24, 2.45) is 0 Å². The summed E-state index contributed by atoms with van der Waals surface area (Å²) >= 11 is 23.9. The Kier molecular flexibility index (Phi) is 4.69. The highest BCUT2D eigenvalue weighted by atomic mass is 35.5. The lowest BCUT2D eigenvalue weighted by Crippen LogP contribution is -2.02. The maximum Gasteiger partial charge on any atom is 0.182 e. The molecule has 0 saturated heterocycles. The van der Waals surface area contributed by atoms with Crippen LogP contribution in [0.3, 0.4) is 0 Å². The fourth-order valence-corrected chi connectivity index (χ4v) is 2.78. The zero-order valence-corrected chi connectivity index (χ0v) is 14.6. The van der Waals surface area contributed by atoms with Crippen molar-refractivity contribution in [1.29, 1.82) is 0 Å². The Morgan fingerprint density at radius 3 is 1.43 bits per heavy atom. The number of rotatable bonds is 2. The van der Waals surface area contributed by atoms with Crippen molar-refractivity contribution in [3.8, 4) is 22.5 Å². The van der Waals surface area contributed by atoms with Crippen LogP contribution < -0.4 is 5.43 Å². The van der Waals surface area contributed by atoms with Crippen LogP contribution >= 0.6 is 46.4 Å². The minimum Gasteiger partial charge on any atom is -0.354 e. The van der Waals surface area contributed by atoms with Crippen LogP contribution in [-0.2, 0) is 0 Å². The summed E-state index contributed by atoms with van der Waals surface area (Å²) in [4.78, 5) is 15.2. The second kappa shape index (κ2) is 6.58. The van der Waals surface area contributed by atoms with Crippen LogP contribution in [0.4, 0.5) is 0 Å². The SMILES string of the molecule is O=c1cc(-c2ccc(Cl)c(Cl)c2)[nH]c(-c2ccc(Cl)c(Cl)c2)c1. The molecule has 23 heavy (non-hydrogen) atoms. The van der Waals surface area contributed by atoms with Crippen LogP contribution in [0, 0.1) is 0 Å². The van der Waals surface area contributed by atoms with E-state index in [9.17, 15) is 4.79 Å². The van der Waals surface area contributed by atoms with Crippen LogP contribution in [0.25, 0.3) is 22.5 Å². The van der Waals surface area contributed by atoms with Crippen molar-refractivity contribution in [1.82, 2.24) is 4.98 Å². The molecule has 3 rings (SSSR count). The van der Waals surface area contributed by atoms with Crippen molar-refractivity contribution in [2.75, 3.05) is 0 Å². The second-order valence-corrected chi connectivity index (χ2v) is 6.53. The summed E-state index contributed by atoms with van der Waals surface area (Å²) in [6, 6.07) is 13.4. The predicted molar refractivity (Wildman–Crippen MR) is 98.0 cm³/mol. The number of nitrogens with one attached hydrogen (secondary N) is 1. The molecule has 0 bridgehead atoms. The van der Waals surface area contributed by atoms with E-state index in [0.29, 0.717) is 31.5 Å². The molecule has 2 nitrogen and oxygen atoms in total. The number of hydrogen-bond acceptors (Lipinski definition) is 1. The molecule has 3 aromatic rings. The van der Waals surface area contributed by atoms with E-state index < -0.39 is 0 Å². The Balaban J connectivity index is 2.13. The average molecular weight is 385 g/mol. The Morgan fingerprint density at radius 2 is 1.04 bits per heavy atom. The molecular weight excluding hydrogens is 376 g/mol. The van der Waals surface area contributed by atoms with Gasteiger partial charge in [-0.2, -0.15) is 0 Å². The third-order valence-electron chi connectivity index (χ3n) is 3.30. The predicted octanol–water partition coefficient (Wildman–Crippen LogP) is 6.32. The van der Waals surface area contributed by atoms with Gasteiger partial charge in [0, 0.05) is 23.5 Å². The van der Waals surface area contributed by atoms with Crippen molar-refractivity contribution in [3.05, 3.63) is 78.8 Å². The topological polar surface area (TPSA) is 32.9 Å². The van der Waals surface area contributed by atoms with E-state index in [2.05, 4.69) is 4.98 Å². The molecule has 116 valence electrons. The van der Waals surface area contributed by atoms with Gasteiger partial charge in [0.25, 0.3) is 0 Å². The maximum atomic E-state index is 12.0. The van der Waals surface area contributed by atoms with Gasteiger partial charge in [0.15, 0.2) is 5.43 Å². The van der Waals surface area contributed by atoms with E-state index >= 15 is 0 Å². The minimum absolute atomic E-state index is 0.133. The van der Waals surface area contributed by atoms with E-state index in [1.807, 2.05) is 0 Å². The van der Waals surface area contributed by atoms with Crippen molar-refractivity contribution < 1.29 is 0 Å². The first-order valence-corrected chi connectivity index (χ1v) is 8.10. The highest BCUT2D eigenvalue weighted by Gasteiger charge is 2.08. The van der Waals surface area contributed by atoms with Gasteiger partial charge in [-0.3, -0.25) is 4.79 Å². The molecule has 0 saturated carbocycles. The summed E-state index contributed by atoms with van der Waals surface area (Å²) in [7, 11) is 0. The van der Waals surface area contributed by atoms with Crippen molar-refractivity contribution in [3.63, 3.8) is 0 Å². The van der Waals surface area contributed by atoms with Gasteiger partial charge in [0.1, 0.15) is 0 Å². The minimum atomic E-state index is -0.133.